The molecule has 10 heavy (non-hydrogen) atoms. The summed E-state index contributed by atoms with van der Waals surface area (Å²) in [4.78, 5) is 9.83. The number of carbonyl (C=O) groups excluding carboxylic acids is 1. The molecule has 0 aliphatic rings. The Balaban J connectivity index is 3.74. The summed E-state index contributed by atoms with van der Waals surface area (Å²) in [5, 5.41) is 0. The number of hydrogen-bond donors (Lipinski definition) is 0. The molecule has 3 heteroatoms. The number of alkyl halides is 2. The maximum Gasteiger partial charge on any atom is 0.243 e. The van der Waals surface area contributed by atoms with Gasteiger partial charge in [0.15, 0.2) is 0 Å². The van der Waals surface area contributed by atoms with Crippen molar-refractivity contribution in [2.45, 2.75) is 33.1 Å². The fraction of sp³-hybridized carbons (Fsp3) is 0.857. The van der Waals surface area contributed by atoms with E-state index in [-0.39, 0.29) is 12.8 Å². The third-order valence-electron chi connectivity index (χ3n) is 1.50. The summed E-state index contributed by atoms with van der Waals surface area (Å²) >= 11 is 0. The molecule has 0 unspecified atom stereocenters. The molecule has 0 saturated heterocycles. The lowest BCUT2D eigenvalue weighted by Crippen LogP contribution is -2.21. The van der Waals surface area contributed by atoms with Gasteiger partial charge in [-0.1, -0.05) is 13.8 Å². The molecule has 0 aliphatic carbocycles. The molecule has 0 bridgehead atoms. The van der Waals surface area contributed by atoms with Crippen molar-refractivity contribution in [1.82, 2.24) is 0 Å². The molecule has 0 aliphatic heterocycles. The fourth-order valence-corrected chi connectivity index (χ4v) is 0.540. The zero-order valence-corrected chi connectivity index (χ0v) is 6.23. The maximum atomic E-state index is 12.0. The Labute approximate surface area is 59.4 Å². The Hall–Kier alpha value is -0.470. The predicted molar refractivity (Wildman–Crippen MR) is 35.1 cm³/mol. The second kappa shape index (κ2) is 3.64. The van der Waals surface area contributed by atoms with E-state index in [2.05, 4.69) is 0 Å². The molecule has 0 spiro atoms. The van der Waals surface area contributed by atoms with Gasteiger partial charge in [0.25, 0.3) is 0 Å². The minimum Gasteiger partial charge on any atom is -0.303 e. The summed E-state index contributed by atoms with van der Waals surface area (Å²) in [6.45, 7) is 2.92. The molecule has 0 aromatic carbocycles. The van der Waals surface area contributed by atoms with Gasteiger partial charge >= 0.3 is 0 Å². The first-order chi connectivity index (χ1) is 4.50. The quantitative estimate of drug-likeness (QED) is 0.562. The molecule has 0 fully saturated rings. The highest BCUT2D eigenvalue weighted by molar-refractivity contribution is 5.49. The minimum absolute atomic E-state index is 0.220. The van der Waals surface area contributed by atoms with Gasteiger partial charge in [0.2, 0.25) is 6.43 Å². The standard InChI is InChI=1S/C7H12F2O/c1-7(2,6(8)9)4-3-5-10/h5-6H,3-4H2,1-2H3. The van der Waals surface area contributed by atoms with E-state index in [1.165, 1.54) is 13.8 Å². The SMILES string of the molecule is CC(C)(CCC=O)C(F)F. The Kier molecular flexibility index (Phi) is 3.47. The highest BCUT2D eigenvalue weighted by Crippen LogP contribution is 2.29. The summed E-state index contributed by atoms with van der Waals surface area (Å²) in [5.74, 6) is 0. The normalized spacial score (nSPS) is 12.1. The van der Waals surface area contributed by atoms with Gasteiger partial charge in [0.1, 0.15) is 6.29 Å². The fourth-order valence-electron chi connectivity index (χ4n) is 0.540. The van der Waals surface area contributed by atoms with Crippen LogP contribution in [0.15, 0.2) is 0 Å². The van der Waals surface area contributed by atoms with Gasteiger partial charge in [-0.2, -0.15) is 0 Å². The molecule has 0 radical (unpaired) electrons. The van der Waals surface area contributed by atoms with Crippen molar-refractivity contribution >= 4 is 6.29 Å². The van der Waals surface area contributed by atoms with Crippen LogP contribution in [0.4, 0.5) is 8.78 Å². The lowest BCUT2D eigenvalue weighted by molar-refractivity contribution is -0.108. The first kappa shape index (κ1) is 9.53. The van der Waals surface area contributed by atoms with Crippen molar-refractivity contribution in [2.24, 2.45) is 5.41 Å². The van der Waals surface area contributed by atoms with Crippen molar-refractivity contribution in [3.63, 3.8) is 0 Å². The van der Waals surface area contributed by atoms with Gasteiger partial charge in [0.05, 0.1) is 0 Å². The van der Waals surface area contributed by atoms with Gasteiger partial charge in [-0.05, 0) is 6.42 Å². The average Bonchev–Trinajstić information content (AvgIpc) is 1.84. The first-order valence-corrected chi connectivity index (χ1v) is 3.22. The van der Waals surface area contributed by atoms with Crippen LogP contribution in [0.5, 0.6) is 0 Å². The van der Waals surface area contributed by atoms with E-state index in [0.717, 1.165) is 0 Å². The van der Waals surface area contributed by atoms with Crippen LogP contribution in [0.25, 0.3) is 0 Å². The first-order valence-electron chi connectivity index (χ1n) is 3.22. The second-order valence-electron chi connectivity index (χ2n) is 2.99. The van der Waals surface area contributed by atoms with Crippen LogP contribution in [-0.2, 0) is 4.79 Å². The Bertz CT molecular complexity index is 110. The summed E-state index contributed by atoms with van der Waals surface area (Å²) < 4.78 is 24.0. The van der Waals surface area contributed by atoms with E-state index in [1.807, 2.05) is 0 Å². The summed E-state index contributed by atoms with van der Waals surface area (Å²) in [7, 11) is 0. The van der Waals surface area contributed by atoms with Crippen LogP contribution < -0.4 is 0 Å². The van der Waals surface area contributed by atoms with Crippen LogP contribution in [-0.4, -0.2) is 12.7 Å². The Morgan fingerprint density at radius 3 is 2.30 bits per heavy atom. The lowest BCUT2D eigenvalue weighted by Gasteiger charge is -2.21. The topological polar surface area (TPSA) is 17.1 Å². The minimum atomic E-state index is -2.34. The van der Waals surface area contributed by atoms with E-state index in [1.54, 1.807) is 0 Å². The predicted octanol–water partition coefficient (Wildman–Crippen LogP) is 2.26. The van der Waals surface area contributed by atoms with Crippen LogP contribution in [0.3, 0.4) is 0 Å². The number of rotatable bonds is 4. The molecule has 0 saturated carbocycles. The molecule has 0 N–H and O–H groups in total. The highest BCUT2D eigenvalue weighted by Gasteiger charge is 2.28. The number of aldehydes is 1. The van der Waals surface area contributed by atoms with E-state index < -0.39 is 11.8 Å². The van der Waals surface area contributed by atoms with Gasteiger partial charge in [-0.3, -0.25) is 0 Å². The molecule has 0 atom stereocenters. The molecule has 1 nitrogen and oxygen atoms in total. The monoisotopic (exact) mass is 150 g/mol. The summed E-state index contributed by atoms with van der Waals surface area (Å²) in [6.07, 6.45) is -1.19. The van der Waals surface area contributed by atoms with Crippen molar-refractivity contribution < 1.29 is 13.6 Å². The Morgan fingerprint density at radius 2 is 2.00 bits per heavy atom. The zero-order chi connectivity index (χ0) is 8.20. The van der Waals surface area contributed by atoms with Gasteiger partial charge < -0.3 is 4.79 Å². The lowest BCUT2D eigenvalue weighted by atomic mass is 9.89. The van der Waals surface area contributed by atoms with Crippen LogP contribution >= 0.6 is 0 Å². The molecule has 0 aromatic heterocycles. The van der Waals surface area contributed by atoms with Crippen molar-refractivity contribution in [1.29, 1.82) is 0 Å². The van der Waals surface area contributed by atoms with Crippen molar-refractivity contribution in [3.05, 3.63) is 0 Å². The highest BCUT2D eigenvalue weighted by atomic mass is 19.3. The van der Waals surface area contributed by atoms with Crippen LogP contribution in [0.1, 0.15) is 26.7 Å². The largest absolute Gasteiger partial charge is 0.303 e. The molecular formula is C7H12F2O. The second-order valence-corrected chi connectivity index (χ2v) is 2.99. The van der Waals surface area contributed by atoms with Gasteiger partial charge in [-0.25, -0.2) is 8.78 Å². The zero-order valence-electron chi connectivity index (χ0n) is 6.23. The summed E-state index contributed by atoms with van der Waals surface area (Å²) in [6, 6.07) is 0. The smallest absolute Gasteiger partial charge is 0.243 e. The van der Waals surface area contributed by atoms with Gasteiger partial charge in [-0.15, -0.1) is 0 Å². The third kappa shape index (κ3) is 2.90. The van der Waals surface area contributed by atoms with Crippen molar-refractivity contribution in [3.8, 4) is 0 Å². The maximum absolute atomic E-state index is 12.0. The van der Waals surface area contributed by atoms with E-state index in [4.69, 9.17) is 0 Å². The molecular weight excluding hydrogens is 138 g/mol. The molecule has 0 heterocycles. The molecule has 60 valence electrons. The Morgan fingerprint density at radius 1 is 1.50 bits per heavy atom. The van der Waals surface area contributed by atoms with Crippen LogP contribution in [0, 0.1) is 5.41 Å². The van der Waals surface area contributed by atoms with E-state index in [9.17, 15) is 13.6 Å². The van der Waals surface area contributed by atoms with E-state index >= 15 is 0 Å². The average molecular weight is 150 g/mol. The number of halogens is 2. The summed E-state index contributed by atoms with van der Waals surface area (Å²) in [5.41, 5.74) is -1.01. The molecule has 0 rings (SSSR count). The third-order valence-corrected chi connectivity index (χ3v) is 1.50. The van der Waals surface area contributed by atoms with Crippen molar-refractivity contribution in [2.75, 3.05) is 0 Å². The number of carbonyl (C=O) groups is 1. The van der Waals surface area contributed by atoms with Gasteiger partial charge in [0, 0.05) is 11.8 Å². The van der Waals surface area contributed by atoms with Crippen LogP contribution in [0.2, 0.25) is 0 Å². The van der Waals surface area contributed by atoms with E-state index in [0.29, 0.717) is 6.29 Å². The molecule has 0 aromatic rings. The molecule has 0 amide bonds. The number of hydrogen-bond acceptors (Lipinski definition) is 1.